The maximum atomic E-state index is 13.2. The fraction of sp³-hybridized carbons (Fsp3) is 0.500. The van der Waals surface area contributed by atoms with Crippen molar-refractivity contribution >= 4 is 36.1 Å². The highest BCUT2D eigenvalue weighted by molar-refractivity contribution is 5.92. The summed E-state index contributed by atoms with van der Waals surface area (Å²) in [6, 6.07) is 5.18. The van der Waals surface area contributed by atoms with Crippen LogP contribution in [-0.4, -0.2) is 60.1 Å². The van der Waals surface area contributed by atoms with E-state index in [1.807, 2.05) is 57.2 Å². The number of nitrogens with one attached hydrogen (secondary N) is 3. The number of hydrazine groups is 1. The molecule has 0 saturated carbocycles. The summed E-state index contributed by atoms with van der Waals surface area (Å²) < 4.78 is 5.78. The predicted octanol–water partition coefficient (Wildman–Crippen LogP) is 3.21. The lowest BCUT2D eigenvalue weighted by Crippen LogP contribution is -2.61. The summed E-state index contributed by atoms with van der Waals surface area (Å²) in [6.07, 6.45) is 4.99. The van der Waals surface area contributed by atoms with Crippen LogP contribution in [0.2, 0.25) is 0 Å². The van der Waals surface area contributed by atoms with Crippen molar-refractivity contribution in [3.05, 3.63) is 53.1 Å². The van der Waals surface area contributed by atoms with E-state index in [2.05, 4.69) is 27.8 Å². The van der Waals surface area contributed by atoms with Gasteiger partial charge in [0.05, 0.1) is 5.70 Å². The average molecular weight is 552 g/mol. The molecule has 2 aliphatic heterocycles. The first-order valence-corrected chi connectivity index (χ1v) is 13.8. The highest BCUT2D eigenvalue weighted by Crippen LogP contribution is 2.24. The van der Waals surface area contributed by atoms with Gasteiger partial charge in [-0.1, -0.05) is 43.7 Å². The molecule has 0 unspecified atom stereocenters. The molecule has 40 heavy (non-hydrogen) atoms. The van der Waals surface area contributed by atoms with E-state index in [9.17, 15) is 19.2 Å². The van der Waals surface area contributed by atoms with Gasteiger partial charge in [-0.3, -0.25) is 29.2 Å². The minimum Gasteiger partial charge on any atom is -0.457 e. The molecule has 1 saturated heterocycles. The van der Waals surface area contributed by atoms with Crippen molar-refractivity contribution in [3.63, 3.8) is 0 Å². The number of amides is 3. The van der Waals surface area contributed by atoms with Gasteiger partial charge in [0.25, 0.3) is 5.91 Å². The van der Waals surface area contributed by atoms with Crippen molar-refractivity contribution in [1.82, 2.24) is 21.1 Å². The molecule has 3 N–H and O–H groups in total. The molecule has 0 aliphatic carbocycles. The average Bonchev–Trinajstić information content (AvgIpc) is 2.94. The van der Waals surface area contributed by atoms with Gasteiger partial charge in [-0.15, -0.1) is 0 Å². The molecule has 0 aromatic heterocycles. The van der Waals surface area contributed by atoms with Crippen LogP contribution >= 0.6 is 0 Å². The Morgan fingerprint density at radius 1 is 1.07 bits per heavy atom. The van der Waals surface area contributed by atoms with Gasteiger partial charge in [0.2, 0.25) is 11.8 Å². The quantitative estimate of drug-likeness (QED) is 0.382. The molecule has 10 heteroatoms. The predicted molar refractivity (Wildman–Crippen MR) is 154 cm³/mol. The summed E-state index contributed by atoms with van der Waals surface area (Å²) in [5, 5.41) is 6.90. The molecule has 2 heterocycles. The summed E-state index contributed by atoms with van der Waals surface area (Å²) in [4.78, 5) is 56.1. The summed E-state index contributed by atoms with van der Waals surface area (Å²) in [5.74, 6) is -1.73. The molecule has 10 nitrogen and oxygen atoms in total. The van der Waals surface area contributed by atoms with E-state index >= 15 is 0 Å². The molecule has 3 amide bonds. The van der Waals surface area contributed by atoms with E-state index in [4.69, 9.17) is 4.74 Å². The summed E-state index contributed by atoms with van der Waals surface area (Å²) in [7, 11) is 0. The van der Waals surface area contributed by atoms with Crippen LogP contribution < -0.4 is 16.1 Å². The van der Waals surface area contributed by atoms with Gasteiger partial charge in [0.15, 0.2) is 0 Å². The zero-order valence-corrected chi connectivity index (χ0v) is 24.0. The number of cyclic esters (lactones) is 1. The van der Waals surface area contributed by atoms with Crippen molar-refractivity contribution in [2.24, 2.45) is 10.9 Å². The Labute approximate surface area is 236 Å². The normalized spacial score (nSPS) is 28.5. The Bertz CT molecular complexity index is 1190. The second kappa shape index (κ2) is 14.0. The van der Waals surface area contributed by atoms with Crippen molar-refractivity contribution < 1.29 is 23.9 Å². The van der Waals surface area contributed by atoms with Crippen LogP contribution in [0, 0.1) is 5.92 Å². The van der Waals surface area contributed by atoms with E-state index in [0.717, 1.165) is 16.7 Å². The Morgan fingerprint density at radius 2 is 1.82 bits per heavy atom. The van der Waals surface area contributed by atoms with Crippen molar-refractivity contribution in [2.45, 2.75) is 84.5 Å². The summed E-state index contributed by atoms with van der Waals surface area (Å²) >= 11 is 0. The first kappa shape index (κ1) is 30.7. The lowest BCUT2D eigenvalue weighted by Gasteiger charge is -2.35. The molecular weight excluding hydrogens is 510 g/mol. The zero-order valence-electron chi connectivity index (χ0n) is 24.0. The standard InChI is InChI=1S/C30H41N5O5/c1-18(2)27-28(37)32-20(4)29(38)35-16-8-11-25(34-35)30(39)40-21(5)22-9-7-10-23(17-22)24(31-6)14-12-19(3)13-15-26(36)33-27/h7,9-10,12,14,17-18,20-21,25,27,34H,6,8,11,13,15-16H2,1-5H3,(H,32,37)(H,33,36)/b19-12+,24-14-/t20-,21+,25-,27-/m0/s1. The molecule has 1 aromatic rings. The van der Waals surface area contributed by atoms with Gasteiger partial charge in [-0.05, 0) is 70.4 Å². The number of fused-ring (bicyclic) bond motifs is 4. The van der Waals surface area contributed by atoms with Gasteiger partial charge in [-0.25, -0.2) is 5.43 Å². The molecule has 3 rings (SSSR count). The first-order valence-electron chi connectivity index (χ1n) is 13.8. The molecule has 1 fully saturated rings. The minimum absolute atomic E-state index is 0.192. The number of ether oxygens (including phenoxy) is 1. The van der Waals surface area contributed by atoms with Crippen LogP contribution in [-0.2, 0) is 23.9 Å². The maximum Gasteiger partial charge on any atom is 0.325 e. The number of carbonyl (C=O) groups is 4. The number of nitrogens with zero attached hydrogens (tertiary/aromatic N) is 2. The van der Waals surface area contributed by atoms with Crippen LogP contribution in [0.5, 0.6) is 0 Å². The molecule has 0 radical (unpaired) electrons. The van der Waals surface area contributed by atoms with Crippen molar-refractivity contribution in [3.8, 4) is 0 Å². The van der Waals surface area contributed by atoms with Gasteiger partial charge in [0, 0.05) is 18.5 Å². The third-order valence-electron chi connectivity index (χ3n) is 7.12. The fourth-order valence-electron chi connectivity index (χ4n) is 4.63. The van der Waals surface area contributed by atoms with Gasteiger partial charge >= 0.3 is 5.97 Å². The Kier molecular flexibility index (Phi) is 10.8. The Morgan fingerprint density at radius 3 is 2.52 bits per heavy atom. The molecule has 2 aliphatic rings. The number of hydrogen-bond donors (Lipinski definition) is 3. The molecule has 1 aromatic carbocycles. The van der Waals surface area contributed by atoms with Crippen LogP contribution in [0.25, 0.3) is 5.70 Å². The van der Waals surface area contributed by atoms with Crippen molar-refractivity contribution in [2.75, 3.05) is 6.54 Å². The van der Waals surface area contributed by atoms with E-state index in [0.29, 0.717) is 31.5 Å². The molecule has 216 valence electrons. The Balaban J connectivity index is 1.92. The van der Waals surface area contributed by atoms with E-state index in [1.54, 1.807) is 13.8 Å². The van der Waals surface area contributed by atoms with E-state index < -0.39 is 36.1 Å². The second-order valence-electron chi connectivity index (χ2n) is 10.8. The highest BCUT2D eigenvalue weighted by Gasteiger charge is 2.33. The number of esters is 1. The van der Waals surface area contributed by atoms with E-state index in [1.165, 1.54) is 5.01 Å². The SMILES string of the molecule is C=N/C1=C\C=C(/C)CCC(=O)N[C@@H](C(C)C)C(=O)N[C@@H](C)C(=O)N2CCC[C@H](N2)C(=O)O[C@H](C)c2cccc1c2. The molecule has 4 atom stereocenters. The number of carbonyl (C=O) groups excluding carboxylic acids is 4. The second-order valence-corrected chi connectivity index (χ2v) is 10.8. The Hall–Kier alpha value is -3.79. The largest absolute Gasteiger partial charge is 0.457 e. The molecule has 4 bridgehead atoms. The lowest BCUT2D eigenvalue weighted by atomic mass is 10.0. The summed E-state index contributed by atoms with van der Waals surface area (Å²) in [5.41, 5.74) is 6.17. The number of aliphatic imine (C=N–C) groups is 1. The van der Waals surface area contributed by atoms with Crippen LogP contribution in [0.3, 0.4) is 0 Å². The minimum atomic E-state index is -0.864. The zero-order chi connectivity index (χ0) is 29.4. The van der Waals surface area contributed by atoms with Gasteiger partial charge in [-0.2, -0.15) is 0 Å². The number of hydrogen-bond acceptors (Lipinski definition) is 7. The van der Waals surface area contributed by atoms with E-state index in [-0.39, 0.29) is 24.2 Å². The highest BCUT2D eigenvalue weighted by atomic mass is 16.5. The smallest absolute Gasteiger partial charge is 0.325 e. The lowest BCUT2D eigenvalue weighted by molar-refractivity contribution is -0.157. The molecular formula is C30H41N5O5. The van der Waals surface area contributed by atoms with Crippen LogP contribution in [0.15, 0.2) is 47.0 Å². The van der Waals surface area contributed by atoms with Gasteiger partial charge in [0.1, 0.15) is 24.2 Å². The fourth-order valence-corrected chi connectivity index (χ4v) is 4.63. The number of benzene rings is 1. The third kappa shape index (κ3) is 8.11. The van der Waals surface area contributed by atoms with Gasteiger partial charge < -0.3 is 15.4 Å². The number of rotatable bonds is 2. The first-order chi connectivity index (χ1) is 19.0. The topological polar surface area (TPSA) is 129 Å². The monoisotopic (exact) mass is 551 g/mol. The summed E-state index contributed by atoms with van der Waals surface area (Å²) in [6.45, 7) is 13.1. The molecule has 0 spiro atoms. The third-order valence-corrected chi connectivity index (χ3v) is 7.12. The maximum absolute atomic E-state index is 13.2. The van der Waals surface area contributed by atoms with Crippen LogP contribution in [0.1, 0.15) is 77.5 Å². The number of allylic oxidation sites excluding steroid dienone is 3. The van der Waals surface area contributed by atoms with Crippen LogP contribution in [0.4, 0.5) is 0 Å². The van der Waals surface area contributed by atoms with Crippen molar-refractivity contribution in [1.29, 1.82) is 0 Å².